The molecule has 2 saturated heterocycles. The molecule has 0 aliphatic carbocycles. The largest absolute Gasteiger partial charge is 0.342 e. The molecule has 2 unspecified atom stereocenters. The first-order valence-electron chi connectivity index (χ1n) is 7.09. The van der Waals surface area contributed by atoms with Gasteiger partial charge in [-0.3, -0.25) is 4.79 Å². The Morgan fingerprint density at radius 2 is 1.95 bits per heavy atom. The molecule has 0 radical (unpaired) electrons. The summed E-state index contributed by atoms with van der Waals surface area (Å²) in [6.07, 6.45) is 1.73. The zero-order valence-electron chi connectivity index (χ0n) is 11.8. The molecule has 2 aliphatic rings. The summed E-state index contributed by atoms with van der Waals surface area (Å²) in [5.41, 5.74) is 5.78. The number of nitrogens with zero attached hydrogens (tertiary/aromatic N) is 2. The number of piperidine rings is 1. The number of nitrogens with two attached hydrogens (primary N) is 1. The molecule has 2 heterocycles. The topological polar surface area (TPSA) is 78.7 Å². The fraction of sp³-hybridized carbons (Fsp3) is 0.846. The normalized spacial score (nSPS) is 24.3. The van der Waals surface area contributed by atoms with E-state index in [1.807, 2.05) is 23.6 Å². The van der Waals surface area contributed by atoms with Gasteiger partial charge < -0.3 is 20.9 Å². The SMILES string of the molecule is CC(N)C(C)C(=O)N1CCC(N2CCNC2=O)CC1. The molecule has 2 aliphatic heterocycles. The molecule has 3 N–H and O–H groups in total. The molecule has 2 atom stereocenters. The average molecular weight is 268 g/mol. The molecule has 0 spiro atoms. The van der Waals surface area contributed by atoms with Crippen LogP contribution in [0.25, 0.3) is 0 Å². The van der Waals surface area contributed by atoms with Crippen molar-refractivity contribution in [3.05, 3.63) is 0 Å². The standard InChI is InChI=1S/C13H24N4O2/c1-9(10(2)14)12(18)16-6-3-11(4-7-16)17-8-5-15-13(17)19/h9-11H,3-8,14H2,1-2H3,(H,15,19). The molecule has 19 heavy (non-hydrogen) atoms. The van der Waals surface area contributed by atoms with E-state index < -0.39 is 0 Å². The summed E-state index contributed by atoms with van der Waals surface area (Å²) >= 11 is 0. The Morgan fingerprint density at radius 1 is 1.32 bits per heavy atom. The lowest BCUT2D eigenvalue weighted by atomic mass is 9.98. The Morgan fingerprint density at radius 3 is 2.42 bits per heavy atom. The Hall–Kier alpha value is -1.30. The minimum atomic E-state index is -0.133. The van der Waals surface area contributed by atoms with Crippen LogP contribution in [0.1, 0.15) is 26.7 Å². The number of likely N-dealkylation sites (tertiary alicyclic amines) is 1. The number of hydrogen-bond acceptors (Lipinski definition) is 3. The third-order valence-corrected chi connectivity index (χ3v) is 4.28. The van der Waals surface area contributed by atoms with Gasteiger partial charge in [-0.15, -0.1) is 0 Å². The van der Waals surface area contributed by atoms with Crippen LogP contribution < -0.4 is 11.1 Å². The van der Waals surface area contributed by atoms with Gasteiger partial charge in [-0.05, 0) is 19.8 Å². The molecule has 0 aromatic rings. The van der Waals surface area contributed by atoms with Crippen LogP contribution in [0, 0.1) is 5.92 Å². The first-order chi connectivity index (χ1) is 9.00. The summed E-state index contributed by atoms with van der Waals surface area (Å²) in [7, 11) is 0. The Labute approximate surface area is 114 Å². The predicted molar refractivity (Wildman–Crippen MR) is 72.5 cm³/mol. The minimum absolute atomic E-state index is 0.0359. The van der Waals surface area contributed by atoms with Crippen LogP contribution in [0.3, 0.4) is 0 Å². The fourth-order valence-electron chi connectivity index (χ4n) is 2.75. The Kier molecular flexibility index (Phi) is 4.29. The molecular formula is C13H24N4O2. The van der Waals surface area contributed by atoms with Gasteiger partial charge in [0.25, 0.3) is 0 Å². The van der Waals surface area contributed by atoms with Crippen LogP contribution in [0.5, 0.6) is 0 Å². The number of nitrogens with one attached hydrogen (secondary N) is 1. The maximum absolute atomic E-state index is 12.2. The van der Waals surface area contributed by atoms with Crippen LogP contribution in [-0.2, 0) is 4.79 Å². The number of carbonyl (C=O) groups is 2. The number of rotatable bonds is 3. The van der Waals surface area contributed by atoms with Crippen molar-refractivity contribution in [1.29, 1.82) is 0 Å². The van der Waals surface area contributed by atoms with Gasteiger partial charge in [0.1, 0.15) is 0 Å². The average Bonchev–Trinajstić information content (AvgIpc) is 2.83. The van der Waals surface area contributed by atoms with E-state index in [1.54, 1.807) is 0 Å². The third kappa shape index (κ3) is 3.00. The Bertz CT molecular complexity index is 351. The van der Waals surface area contributed by atoms with E-state index >= 15 is 0 Å². The lowest BCUT2D eigenvalue weighted by Crippen LogP contribution is -2.50. The summed E-state index contributed by atoms with van der Waals surface area (Å²) in [6.45, 7) is 6.72. The highest BCUT2D eigenvalue weighted by molar-refractivity contribution is 5.79. The fourth-order valence-corrected chi connectivity index (χ4v) is 2.75. The van der Waals surface area contributed by atoms with Gasteiger partial charge in [-0.25, -0.2) is 4.79 Å². The van der Waals surface area contributed by atoms with Crippen molar-refractivity contribution in [2.24, 2.45) is 11.7 Å². The second-order valence-electron chi connectivity index (χ2n) is 5.63. The monoisotopic (exact) mass is 268 g/mol. The van der Waals surface area contributed by atoms with Crippen molar-refractivity contribution >= 4 is 11.9 Å². The molecule has 0 aromatic heterocycles. The number of hydrogen-bond donors (Lipinski definition) is 2. The van der Waals surface area contributed by atoms with E-state index in [0.29, 0.717) is 0 Å². The molecule has 0 saturated carbocycles. The second kappa shape index (κ2) is 5.77. The maximum atomic E-state index is 12.2. The molecule has 3 amide bonds. The van der Waals surface area contributed by atoms with E-state index in [4.69, 9.17) is 5.73 Å². The quantitative estimate of drug-likeness (QED) is 0.755. The van der Waals surface area contributed by atoms with Crippen molar-refractivity contribution in [3.63, 3.8) is 0 Å². The van der Waals surface area contributed by atoms with Crippen molar-refractivity contribution in [2.45, 2.75) is 38.8 Å². The smallest absolute Gasteiger partial charge is 0.317 e. The molecule has 108 valence electrons. The zero-order valence-corrected chi connectivity index (χ0v) is 11.8. The van der Waals surface area contributed by atoms with Gasteiger partial charge in [0.15, 0.2) is 0 Å². The van der Waals surface area contributed by atoms with Crippen molar-refractivity contribution in [3.8, 4) is 0 Å². The van der Waals surface area contributed by atoms with Crippen molar-refractivity contribution in [2.75, 3.05) is 26.2 Å². The second-order valence-corrected chi connectivity index (χ2v) is 5.63. The molecule has 6 heteroatoms. The molecular weight excluding hydrogens is 244 g/mol. The highest BCUT2D eigenvalue weighted by atomic mass is 16.2. The van der Waals surface area contributed by atoms with E-state index in [-0.39, 0.29) is 29.9 Å². The summed E-state index contributed by atoms with van der Waals surface area (Å²) in [6, 6.07) is 0.195. The highest BCUT2D eigenvalue weighted by Crippen LogP contribution is 2.20. The van der Waals surface area contributed by atoms with E-state index in [9.17, 15) is 9.59 Å². The van der Waals surface area contributed by atoms with Crippen molar-refractivity contribution in [1.82, 2.24) is 15.1 Å². The lowest BCUT2D eigenvalue weighted by molar-refractivity contribution is -0.136. The summed E-state index contributed by atoms with van der Waals surface area (Å²) in [5.74, 6) is 0.00552. The van der Waals surface area contributed by atoms with E-state index in [2.05, 4.69) is 5.32 Å². The lowest BCUT2D eigenvalue weighted by Gasteiger charge is -2.37. The van der Waals surface area contributed by atoms with Crippen LogP contribution in [0.2, 0.25) is 0 Å². The highest BCUT2D eigenvalue weighted by Gasteiger charge is 2.33. The minimum Gasteiger partial charge on any atom is -0.342 e. The van der Waals surface area contributed by atoms with Gasteiger partial charge in [0.05, 0.1) is 5.92 Å². The van der Waals surface area contributed by atoms with Gasteiger partial charge in [-0.2, -0.15) is 0 Å². The molecule has 0 bridgehead atoms. The predicted octanol–water partition coefficient (Wildman–Crippen LogP) is -0.0141. The number of urea groups is 1. The maximum Gasteiger partial charge on any atom is 0.317 e. The number of amides is 3. The number of carbonyl (C=O) groups excluding carboxylic acids is 2. The van der Waals surface area contributed by atoms with Crippen LogP contribution in [-0.4, -0.2) is 60.0 Å². The first-order valence-corrected chi connectivity index (χ1v) is 7.09. The first kappa shape index (κ1) is 14.1. The van der Waals surface area contributed by atoms with Crippen LogP contribution in [0.4, 0.5) is 4.79 Å². The summed E-state index contributed by atoms with van der Waals surface area (Å²) in [5, 5.41) is 2.82. The van der Waals surface area contributed by atoms with Crippen LogP contribution in [0.15, 0.2) is 0 Å². The summed E-state index contributed by atoms with van der Waals surface area (Å²) < 4.78 is 0. The Balaban J connectivity index is 1.85. The van der Waals surface area contributed by atoms with Gasteiger partial charge in [0, 0.05) is 38.3 Å². The van der Waals surface area contributed by atoms with E-state index in [0.717, 1.165) is 39.0 Å². The van der Waals surface area contributed by atoms with Gasteiger partial charge in [-0.1, -0.05) is 6.92 Å². The van der Waals surface area contributed by atoms with E-state index in [1.165, 1.54) is 0 Å². The summed E-state index contributed by atoms with van der Waals surface area (Å²) in [4.78, 5) is 27.6. The zero-order chi connectivity index (χ0) is 14.0. The molecule has 2 fully saturated rings. The van der Waals surface area contributed by atoms with Crippen LogP contribution >= 0.6 is 0 Å². The molecule has 0 aromatic carbocycles. The third-order valence-electron chi connectivity index (χ3n) is 4.28. The molecule has 6 nitrogen and oxygen atoms in total. The molecule has 2 rings (SSSR count). The van der Waals surface area contributed by atoms with Crippen molar-refractivity contribution < 1.29 is 9.59 Å². The van der Waals surface area contributed by atoms with Gasteiger partial charge in [0.2, 0.25) is 5.91 Å². The van der Waals surface area contributed by atoms with Gasteiger partial charge >= 0.3 is 6.03 Å².